The lowest BCUT2D eigenvalue weighted by atomic mass is 10.0. The Kier molecular flexibility index (Phi) is 5.89. The molecule has 1 aliphatic rings. The van der Waals surface area contributed by atoms with Crippen LogP contribution in [0, 0.1) is 20.8 Å². The Morgan fingerprint density at radius 2 is 1.70 bits per heavy atom. The summed E-state index contributed by atoms with van der Waals surface area (Å²) in [7, 11) is 0. The number of hydrogen-bond donors (Lipinski definition) is 1. The lowest BCUT2D eigenvalue weighted by Gasteiger charge is -2.37. The number of benzene rings is 2. The van der Waals surface area contributed by atoms with Gasteiger partial charge in [-0.25, -0.2) is 0 Å². The minimum absolute atomic E-state index is 0.118. The first-order valence-corrected chi connectivity index (χ1v) is 9.46. The SMILES string of the molecule is Cc1cc(C)c(N2CCN(C(=O)CCOc3cccc(O)c3)CC2)c(C)c1. The highest BCUT2D eigenvalue weighted by molar-refractivity contribution is 5.76. The topological polar surface area (TPSA) is 53.0 Å². The van der Waals surface area contributed by atoms with E-state index in [-0.39, 0.29) is 11.7 Å². The second kappa shape index (κ2) is 8.33. The largest absolute Gasteiger partial charge is 0.508 e. The number of piperazine rings is 1. The molecule has 2 aromatic carbocycles. The minimum atomic E-state index is 0.118. The minimum Gasteiger partial charge on any atom is -0.508 e. The Balaban J connectivity index is 1.49. The first kappa shape index (κ1) is 19.1. The average molecular weight is 368 g/mol. The highest BCUT2D eigenvalue weighted by atomic mass is 16.5. The van der Waals surface area contributed by atoms with Gasteiger partial charge >= 0.3 is 0 Å². The molecule has 0 atom stereocenters. The van der Waals surface area contributed by atoms with Crippen LogP contribution in [-0.2, 0) is 4.79 Å². The van der Waals surface area contributed by atoms with E-state index < -0.39 is 0 Å². The molecule has 0 radical (unpaired) electrons. The molecule has 1 fully saturated rings. The molecule has 144 valence electrons. The standard InChI is InChI=1S/C22H28N2O3/c1-16-13-17(2)22(18(3)14-16)24-10-8-23(9-11-24)21(26)7-12-27-20-6-4-5-19(25)15-20/h4-6,13-15,25H,7-12H2,1-3H3. The van der Waals surface area contributed by atoms with Crippen molar-refractivity contribution in [1.82, 2.24) is 4.90 Å². The number of rotatable bonds is 5. The molecule has 1 aliphatic heterocycles. The van der Waals surface area contributed by atoms with Gasteiger partial charge in [-0.1, -0.05) is 23.8 Å². The van der Waals surface area contributed by atoms with Crippen LogP contribution in [0.15, 0.2) is 36.4 Å². The summed E-state index contributed by atoms with van der Waals surface area (Å²) in [6.45, 7) is 9.93. The van der Waals surface area contributed by atoms with Crippen molar-refractivity contribution in [2.45, 2.75) is 27.2 Å². The maximum atomic E-state index is 12.5. The van der Waals surface area contributed by atoms with Gasteiger partial charge in [-0.3, -0.25) is 4.79 Å². The number of aromatic hydroxyl groups is 1. The van der Waals surface area contributed by atoms with Gasteiger partial charge in [-0.05, 0) is 44.0 Å². The number of ether oxygens (including phenoxy) is 1. The maximum absolute atomic E-state index is 12.5. The van der Waals surface area contributed by atoms with E-state index >= 15 is 0 Å². The summed E-state index contributed by atoms with van der Waals surface area (Å²) in [4.78, 5) is 16.8. The van der Waals surface area contributed by atoms with E-state index in [0.717, 1.165) is 26.2 Å². The molecule has 0 saturated carbocycles. The third-order valence-corrected chi connectivity index (χ3v) is 4.99. The second-order valence-electron chi connectivity index (χ2n) is 7.21. The quantitative estimate of drug-likeness (QED) is 0.878. The molecular formula is C22H28N2O3. The van der Waals surface area contributed by atoms with Crippen LogP contribution in [-0.4, -0.2) is 48.7 Å². The van der Waals surface area contributed by atoms with Crippen LogP contribution in [0.3, 0.4) is 0 Å². The Morgan fingerprint density at radius 3 is 2.33 bits per heavy atom. The van der Waals surface area contributed by atoms with Crippen LogP contribution in [0.2, 0.25) is 0 Å². The van der Waals surface area contributed by atoms with Crippen LogP contribution in [0.5, 0.6) is 11.5 Å². The van der Waals surface area contributed by atoms with Gasteiger partial charge in [0.05, 0.1) is 13.0 Å². The molecular weight excluding hydrogens is 340 g/mol. The normalized spacial score (nSPS) is 14.3. The molecule has 0 bridgehead atoms. The fraction of sp³-hybridized carbons (Fsp3) is 0.409. The molecule has 2 aromatic rings. The zero-order valence-electron chi connectivity index (χ0n) is 16.4. The fourth-order valence-electron chi connectivity index (χ4n) is 3.84. The Morgan fingerprint density at radius 1 is 1.04 bits per heavy atom. The van der Waals surface area contributed by atoms with Gasteiger partial charge in [-0.15, -0.1) is 0 Å². The number of aryl methyl sites for hydroxylation is 3. The molecule has 0 aliphatic carbocycles. The van der Waals surface area contributed by atoms with Crippen LogP contribution in [0.25, 0.3) is 0 Å². The van der Waals surface area contributed by atoms with E-state index in [1.807, 2.05) is 4.90 Å². The number of phenolic OH excluding ortho intramolecular Hbond substituents is 1. The van der Waals surface area contributed by atoms with Crippen molar-refractivity contribution >= 4 is 11.6 Å². The summed E-state index contributed by atoms with van der Waals surface area (Å²) in [5.74, 6) is 0.863. The second-order valence-corrected chi connectivity index (χ2v) is 7.21. The molecule has 1 heterocycles. The highest BCUT2D eigenvalue weighted by Gasteiger charge is 2.23. The van der Waals surface area contributed by atoms with Gasteiger partial charge in [0.25, 0.3) is 0 Å². The molecule has 0 spiro atoms. The van der Waals surface area contributed by atoms with E-state index in [4.69, 9.17) is 4.74 Å². The van der Waals surface area contributed by atoms with Gasteiger partial charge in [-0.2, -0.15) is 0 Å². The fourth-order valence-corrected chi connectivity index (χ4v) is 3.84. The predicted molar refractivity (Wildman–Crippen MR) is 108 cm³/mol. The number of hydrogen-bond acceptors (Lipinski definition) is 4. The van der Waals surface area contributed by atoms with Crippen molar-refractivity contribution in [3.63, 3.8) is 0 Å². The predicted octanol–water partition coefficient (Wildman–Crippen LogP) is 3.44. The Bertz CT molecular complexity index is 788. The Hall–Kier alpha value is -2.69. The summed E-state index contributed by atoms with van der Waals surface area (Å²) in [6, 6.07) is 11.1. The van der Waals surface area contributed by atoms with E-state index in [1.165, 1.54) is 22.4 Å². The summed E-state index contributed by atoms with van der Waals surface area (Å²) < 4.78 is 5.56. The van der Waals surface area contributed by atoms with Gasteiger partial charge in [0.2, 0.25) is 5.91 Å². The lowest BCUT2D eigenvalue weighted by molar-refractivity contribution is -0.132. The average Bonchev–Trinajstić information content (AvgIpc) is 2.61. The van der Waals surface area contributed by atoms with Gasteiger partial charge < -0.3 is 19.6 Å². The maximum Gasteiger partial charge on any atom is 0.226 e. The summed E-state index contributed by atoms with van der Waals surface area (Å²) in [6.07, 6.45) is 0.345. The van der Waals surface area contributed by atoms with Crippen LogP contribution in [0.1, 0.15) is 23.1 Å². The number of carbonyl (C=O) groups is 1. The summed E-state index contributed by atoms with van der Waals surface area (Å²) >= 11 is 0. The van der Waals surface area contributed by atoms with Gasteiger partial charge in [0.1, 0.15) is 11.5 Å². The van der Waals surface area contributed by atoms with Crippen LogP contribution >= 0.6 is 0 Å². The number of amides is 1. The van der Waals surface area contributed by atoms with Crippen molar-refractivity contribution in [3.8, 4) is 11.5 Å². The van der Waals surface area contributed by atoms with E-state index in [1.54, 1.807) is 24.3 Å². The molecule has 1 N–H and O–H groups in total. The molecule has 5 nitrogen and oxygen atoms in total. The van der Waals surface area contributed by atoms with Crippen molar-refractivity contribution in [3.05, 3.63) is 53.1 Å². The third kappa shape index (κ3) is 4.73. The highest BCUT2D eigenvalue weighted by Crippen LogP contribution is 2.27. The zero-order chi connectivity index (χ0) is 19.4. The van der Waals surface area contributed by atoms with Gasteiger partial charge in [0, 0.05) is 37.9 Å². The van der Waals surface area contributed by atoms with Crippen LogP contribution < -0.4 is 9.64 Å². The summed E-state index contributed by atoms with van der Waals surface area (Å²) in [5, 5.41) is 9.44. The van der Waals surface area contributed by atoms with Crippen molar-refractivity contribution in [1.29, 1.82) is 0 Å². The first-order valence-electron chi connectivity index (χ1n) is 9.46. The van der Waals surface area contributed by atoms with Gasteiger partial charge in [0.15, 0.2) is 0 Å². The van der Waals surface area contributed by atoms with E-state index in [2.05, 4.69) is 37.8 Å². The molecule has 27 heavy (non-hydrogen) atoms. The smallest absolute Gasteiger partial charge is 0.226 e. The van der Waals surface area contributed by atoms with Crippen molar-refractivity contribution in [2.75, 3.05) is 37.7 Å². The van der Waals surface area contributed by atoms with Crippen molar-refractivity contribution in [2.24, 2.45) is 0 Å². The Labute approximate surface area is 161 Å². The number of carbonyl (C=O) groups excluding carboxylic acids is 1. The molecule has 1 saturated heterocycles. The molecule has 5 heteroatoms. The molecule has 1 amide bonds. The van der Waals surface area contributed by atoms with Crippen molar-refractivity contribution < 1.29 is 14.6 Å². The molecule has 0 unspecified atom stereocenters. The monoisotopic (exact) mass is 368 g/mol. The molecule has 3 rings (SSSR count). The van der Waals surface area contributed by atoms with Crippen LogP contribution in [0.4, 0.5) is 5.69 Å². The van der Waals surface area contributed by atoms with E-state index in [0.29, 0.717) is 18.8 Å². The first-order chi connectivity index (χ1) is 12.9. The summed E-state index contributed by atoms with van der Waals surface area (Å²) in [5.41, 5.74) is 5.19. The zero-order valence-corrected chi connectivity index (χ0v) is 16.4. The molecule has 0 aromatic heterocycles. The number of nitrogens with zero attached hydrogens (tertiary/aromatic N) is 2. The van der Waals surface area contributed by atoms with E-state index in [9.17, 15) is 9.90 Å². The lowest BCUT2D eigenvalue weighted by Crippen LogP contribution is -2.49. The number of phenols is 1. The third-order valence-electron chi connectivity index (χ3n) is 4.99. The number of anilines is 1.